The van der Waals surface area contributed by atoms with E-state index >= 15 is 0 Å². The maximum absolute atomic E-state index is 12.6. The summed E-state index contributed by atoms with van der Waals surface area (Å²) in [6.07, 6.45) is 0.326. The molecule has 1 atom stereocenters. The van der Waals surface area contributed by atoms with Gasteiger partial charge in [-0.05, 0) is 37.3 Å². The van der Waals surface area contributed by atoms with Crippen LogP contribution in [0, 0.1) is 6.92 Å². The Labute approximate surface area is 175 Å². The van der Waals surface area contributed by atoms with Crippen LogP contribution >= 0.6 is 15.9 Å². The number of ether oxygens (including phenoxy) is 1. The molecule has 0 bridgehead atoms. The second-order valence-electron chi connectivity index (χ2n) is 7.03. The summed E-state index contributed by atoms with van der Waals surface area (Å²) in [5.74, 6) is 1.73. The summed E-state index contributed by atoms with van der Waals surface area (Å²) in [4.78, 5) is 20.5. The lowest BCUT2D eigenvalue weighted by Gasteiger charge is -2.25. The Balaban J connectivity index is 1.70. The van der Waals surface area contributed by atoms with Crippen molar-refractivity contribution in [3.63, 3.8) is 0 Å². The van der Waals surface area contributed by atoms with Crippen molar-refractivity contribution in [3.8, 4) is 11.7 Å². The number of fused-ring (bicyclic) bond motifs is 2. The molecule has 0 unspecified atom stereocenters. The van der Waals surface area contributed by atoms with Crippen molar-refractivity contribution >= 4 is 38.7 Å². The predicted molar refractivity (Wildman–Crippen MR) is 114 cm³/mol. The van der Waals surface area contributed by atoms with Gasteiger partial charge in [0.2, 0.25) is 11.9 Å². The van der Waals surface area contributed by atoms with Gasteiger partial charge in [-0.3, -0.25) is 4.79 Å². The maximum Gasteiger partial charge on any atom is 0.231 e. The third-order valence-corrected chi connectivity index (χ3v) is 5.74. The van der Waals surface area contributed by atoms with Crippen LogP contribution in [-0.2, 0) is 4.79 Å². The highest BCUT2D eigenvalue weighted by molar-refractivity contribution is 9.10. The van der Waals surface area contributed by atoms with Gasteiger partial charge >= 0.3 is 0 Å². The Morgan fingerprint density at radius 1 is 1.24 bits per heavy atom. The molecule has 0 radical (unpaired) electrons. The van der Waals surface area contributed by atoms with Crippen molar-refractivity contribution in [2.45, 2.75) is 19.3 Å². The van der Waals surface area contributed by atoms with E-state index in [2.05, 4.69) is 31.2 Å². The fourth-order valence-corrected chi connectivity index (χ4v) is 4.36. The first-order valence-corrected chi connectivity index (χ1v) is 10.0. The number of carbonyl (C=O) groups excluding carboxylic acids is 1. The number of aromatic nitrogens is 4. The van der Waals surface area contributed by atoms with Crippen LogP contribution in [0.5, 0.6) is 5.75 Å². The Kier molecular flexibility index (Phi) is 4.16. The van der Waals surface area contributed by atoms with Gasteiger partial charge in [0.15, 0.2) is 0 Å². The summed E-state index contributed by atoms with van der Waals surface area (Å²) in [5.41, 5.74) is 4.52. The first-order valence-electron chi connectivity index (χ1n) is 9.23. The number of hydrogen-bond acceptors (Lipinski definition) is 4. The van der Waals surface area contributed by atoms with E-state index in [9.17, 15) is 4.79 Å². The second-order valence-corrected chi connectivity index (χ2v) is 7.94. The molecule has 1 amide bonds. The molecule has 0 aliphatic carbocycles. The summed E-state index contributed by atoms with van der Waals surface area (Å²) in [6.45, 7) is 1.95. The fourth-order valence-electron chi connectivity index (χ4n) is 3.98. The van der Waals surface area contributed by atoms with Gasteiger partial charge in [-0.2, -0.15) is 9.78 Å². The van der Waals surface area contributed by atoms with Crippen molar-refractivity contribution < 1.29 is 9.53 Å². The molecular formula is C21H18BrN5O2. The third-order valence-electron chi connectivity index (χ3n) is 5.25. The van der Waals surface area contributed by atoms with Gasteiger partial charge < -0.3 is 15.0 Å². The normalized spacial score (nSPS) is 16.0. The second kappa shape index (κ2) is 6.73. The van der Waals surface area contributed by atoms with Gasteiger partial charge in [-0.25, -0.2) is 4.98 Å². The van der Waals surface area contributed by atoms with Gasteiger partial charge in [0.1, 0.15) is 11.6 Å². The van der Waals surface area contributed by atoms with Crippen molar-refractivity contribution in [1.29, 1.82) is 0 Å². The van der Waals surface area contributed by atoms with Crippen LogP contribution in [0.15, 0.2) is 46.9 Å². The molecule has 0 fully saturated rings. The minimum absolute atomic E-state index is 0.0678. The van der Waals surface area contributed by atoms with E-state index in [1.807, 2.05) is 49.4 Å². The number of H-pyrrole nitrogens is 1. The van der Waals surface area contributed by atoms with Crippen molar-refractivity contribution in [2.75, 3.05) is 12.4 Å². The average Bonchev–Trinajstić information content (AvgIpc) is 3.28. The minimum atomic E-state index is -0.163. The van der Waals surface area contributed by atoms with E-state index in [1.165, 1.54) is 0 Å². The van der Waals surface area contributed by atoms with Crippen LogP contribution in [0.1, 0.15) is 29.2 Å². The molecule has 0 saturated carbocycles. The number of anilines is 1. The number of para-hydroxylation sites is 2. The van der Waals surface area contributed by atoms with E-state index in [-0.39, 0.29) is 11.8 Å². The molecule has 2 N–H and O–H groups in total. The molecule has 146 valence electrons. The molecule has 0 saturated heterocycles. The van der Waals surface area contributed by atoms with Gasteiger partial charge in [-0.15, -0.1) is 0 Å². The van der Waals surface area contributed by atoms with E-state index in [0.717, 1.165) is 38.1 Å². The molecule has 0 spiro atoms. The van der Waals surface area contributed by atoms with Gasteiger partial charge in [0.25, 0.3) is 0 Å². The number of halogens is 1. The summed E-state index contributed by atoms with van der Waals surface area (Å²) in [5, 5.41) is 7.69. The lowest BCUT2D eigenvalue weighted by molar-refractivity contribution is -0.116. The Morgan fingerprint density at radius 3 is 2.86 bits per heavy atom. The molecule has 8 heteroatoms. The van der Waals surface area contributed by atoms with Crippen molar-refractivity contribution in [1.82, 2.24) is 19.7 Å². The van der Waals surface area contributed by atoms with E-state index in [0.29, 0.717) is 18.2 Å². The molecule has 1 aliphatic rings. The number of rotatable bonds is 3. The molecule has 7 nitrogen and oxygen atoms in total. The minimum Gasteiger partial charge on any atom is -0.496 e. The predicted octanol–water partition coefficient (Wildman–Crippen LogP) is 4.30. The number of nitrogens with zero attached hydrogens (tertiary/aromatic N) is 3. The number of amides is 1. The van der Waals surface area contributed by atoms with Gasteiger partial charge in [-0.1, -0.05) is 28.1 Å². The van der Waals surface area contributed by atoms with Gasteiger partial charge in [0, 0.05) is 27.9 Å². The molecular weight excluding hydrogens is 434 g/mol. The number of aryl methyl sites for hydroxylation is 1. The molecule has 2 aromatic heterocycles. The number of methoxy groups -OCH3 is 1. The average molecular weight is 452 g/mol. The molecule has 29 heavy (non-hydrogen) atoms. The van der Waals surface area contributed by atoms with E-state index in [4.69, 9.17) is 9.84 Å². The Bertz CT molecular complexity index is 1230. The zero-order chi connectivity index (χ0) is 20.1. The molecule has 5 rings (SSSR count). The monoisotopic (exact) mass is 451 g/mol. The first-order chi connectivity index (χ1) is 14.0. The summed E-state index contributed by atoms with van der Waals surface area (Å²) < 4.78 is 8.19. The SMILES string of the molecule is COc1ccc(Br)cc1[C@@H]1CC(=O)Nc2c1c(C)nn2-c1nc2ccccc2[nH]1. The smallest absolute Gasteiger partial charge is 0.231 e. The van der Waals surface area contributed by atoms with Gasteiger partial charge in [0.05, 0.1) is 23.8 Å². The van der Waals surface area contributed by atoms with E-state index in [1.54, 1.807) is 11.8 Å². The van der Waals surface area contributed by atoms with E-state index < -0.39 is 0 Å². The first kappa shape index (κ1) is 17.9. The topological polar surface area (TPSA) is 84.8 Å². The van der Waals surface area contributed by atoms with Crippen LogP contribution in [0.3, 0.4) is 0 Å². The van der Waals surface area contributed by atoms with Crippen molar-refractivity contribution in [3.05, 3.63) is 63.8 Å². The number of aromatic amines is 1. The lowest BCUT2D eigenvalue weighted by atomic mass is 9.85. The summed E-state index contributed by atoms with van der Waals surface area (Å²) >= 11 is 3.54. The zero-order valence-electron chi connectivity index (χ0n) is 15.9. The maximum atomic E-state index is 12.6. The number of nitrogens with one attached hydrogen (secondary N) is 2. The largest absolute Gasteiger partial charge is 0.496 e. The third kappa shape index (κ3) is 2.91. The quantitative estimate of drug-likeness (QED) is 0.486. The van der Waals surface area contributed by atoms with Crippen molar-refractivity contribution in [2.24, 2.45) is 0 Å². The number of imidazole rings is 1. The van der Waals surface area contributed by atoms with Crippen LogP contribution in [0.2, 0.25) is 0 Å². The summed E-state index contributed by atoms with van der Waals surface area (Å²) in [6, 6.07) is 13.6. The Morgan fingerprint density at radius 2 is 2.07 bits per heavy atom. The van der Waals surface area contributed by atoms with Crippen LogP contribution in [0.4, 0.5) is 5.82 Å². The van der Waals surface area contributed by atoms with Crippen LogP contribution < -0.4 is 10.1 Å². The zero-order valence-corrected chi connectivity index (χ0v) is 17.4. The molecule has 3 heterocycles. The highest BCUT2D eigenvalue weighted by Gasteiger charge is 2.34. The molecule has 1 aliphatic heterocycles. The van der Waals surface area contributed by atoms with Crippen LogP contribution in [0.25, 0.3) is 17.0 Å². The number of benzene rings is 2. The highest BCUT2D eigenvalue weighted by Crippen LogP contribution is 2.43. The fraction of sp³-hybridized carbons (Fsp3) is 0.190. The molecule has 4 aromatic rings. The Hall–Kier alpha value is -3.13. The molecule has 2 aromatic carbocycles. The number of hydrogen-bond donors (Lipinski definition) is 2. The summed E-state index contributed by atoms with van der Waals surface area (Å²) in [7, 11) is 1.64. The highest BCUT2D eigenvalue weighted by atomic mass is 79.9. The standard InChI is InChI=1S/C21H18BrN5O2/c1-11-19-14(13-9-12(22)7-8-17(13)29-2)10-18(28)25-20(19)27(26-11)21-23-15-5-3-4-6-16(15)24-21/h3-9,14H,10H2,1-2H3,(H,23,24)(H,25,28)/t14-/m0/s1. The number of carbonyl (C=O) groups is 1. The lowest BCUT2D eigenvalue weighted by Crippen LogP contribution is -2.25. The van der Waals surface area contributed by atoms with Crippen LogP contribution in [-0.4, -0.2) is 32.8 Å².